The number of aromatic nitrogens is 1. The Bertz CT molecular complexity index is 900. The van der Waals surface area contributed by atoms with Gasteiger partial charge in [0.1, 0.15) is 17.1 Å². The van der Waals surface area contributed by atoms with Crippen LogP contribution in [0.1, 0.15) is 62.0 Å². The molecule has 0 radical (unpaired) electrons. The maximum absolute atomic E-state index is 12.8. The SMILES string of the molecule is CCCOc1ccccc1CN(CC)C1CCN(c2nccc(C)c2C(=O)OC(C)C)C1. The Morgan fingerprint density at radius 1 is 1.25 bits per heavy atom. The van der Waals surface area contributed by atoms with Gasteiger partial charge in [-0.25, -0.2) is 9.78 Å². The zero-order valence-corrected chi connectivity index (χ0v) is 20.1. The number of nitrogens with zero attached hydrogens (tertiary/aromatic N) is 3. The summed E-state index contributed by atoms with van der Waals surface area (Å²) in [6.07, 6.45) is 3.64. The minimum Gasteiger partial charge on any atom is -0.493 e. The molecule has 0 bridgehead atoms. The number of hydrogen-bond acceptors (Lipinski definition) is 6. The molecular formula is C26H37N3O3. The predicted molar refractivity (Wildman–Crippen MR) is 128 cm³/mol. The third-order valence-corrected chi connectivity index (χ3v) is 5.88. The summed E-state index contributed by atoms with van der Waals surface area (Å²) in [6.45, 7) is 14.2. The maximum Gasteiger partial charge on any atom is 0.342 e. The highest BCUT2D eigenvalue weighted by atomic mass is 16.5. The summed E-state index contributed by atoms with van der Waals surface area (Å²) < 4.78 is 11.5. The van der Waals surface area contributed by atoms with E-state index in [1.807, 2.05) is 32.9 Å². The van der Waals surface area contributed by atoms with Crippen LogP contribution in [0.15, 0.2) is 36.5 Å². The van der Waals surface area contributed by atoms with Crippen LogP contribution in [0, 0.1) is 6.92 Å². The standard InChI is InChI=1S/C26H37N3O3/c1-6-16-31-23-11-9-8-10-21(23)17-28(7-2)22-13-15-29(18-22)25-24(20(5)12-14-27-25)26(30)32-19(3)4/h8-12,14,19,22H,6-7,13,15-18H2,1-5H3. The van der Waals surface area contributed by atoms with E-state index in [-0.39, 0.29) is 12.1 Å². The molecule has 2 heterocycles. The van der Waals surface area contributed by atoms with Crippen molar-refractivity contribution in [2.45, 2.75) is 66.2 Å². The fourth-order valence-electron chi connectivity index (χ4n) is 4.25. The van der Waals surface area contributed by atoms with E-state index in [1.165, 1.54) is 5.56 Å². The molecule has 0 saturated carbocycles. The molecule has 174 valence electrons. The Kier molecular flexibility index (Phi) is 8.51. The number of aryl methyl sites for hydroxylation is 1. The van der Waals surface area contributed by atoms with Crippen LogP contribution in [0.25, 0.3) is 0 Å². The van der Waals surface area contributed by atoms with Gasteiger partial charge in [-0.1, -0.05) is 32.0 Å². The van der Waals surface area contributed by atoms with Gasteiger partial charge in [0.2, 0.25) is 0 Å². The van der Waals surface area contributed by atoms with Gasteiger partial charge in [-0.3, -0.25) is 4.90 Å². The van der Waals surface area contributed by atoms with E-state index in [0.29, 0.717) is 11.6 Å². The van der Waals surface area contributed by atoms with E-state index >= 15 is 0 Å². The second-order valence-electron chi connectivity index (χ2n) is 8.69. The molecule has 2 aromatic rings. The van der Waals surface area contributed by atoms with Gasteiger partial charge in [-0.2, -0.15) is 0 Å². The number of likely N-dealkylation sites (N-methyl/N-ethyl adjacent to an activating group) is 1. The number of hydrogen-bond donors (Lipinski definition) is 0. The Labute approximate surface area is 192 Å². The smallest absolute Gasteiger partial charge is 0.342 e. The fraction of sp³-hybridized carbons (Fsp3) is 0.538. The van der Waals surface area contributed by atoms with Crippen molar-refractivity contribution < 1.29 is 14.3 Å². The topological polar surface area (TPSA) is 54.9 Å². The lowest BCUT2D eigenvalue weighted by Gasteiger charge is -2.29. The summed E-state index contributed by atoms with van der Waals surface area (Å²) in [6, 6.07) is 10.6. The van der Waals surface area contributed by atoms with E-state index in [2.05, 4.69) is 46.8 Å². The van der Waals surface area contributed by atoms with Crippen molar-refractivity contribution in [1.82, 2.24) is 9.88 Å². The molecule has 0 aliphatic carbocycles. The molecule has 1 atom stereocenters. The summed E-state index contributed by atoms with van der Waals surface area (Å²) in [5, 5.41) is 0. The minimum atomic E-state index is -0.293. The molecule has 0 N–H and O–H groups in total. The van der Waals surface area contributed by atoms with Crippen molar-refractivity contribution in [3.63, 3.8) is 0 Å². The first kappa shape index (κ1) is 24.1. The average Bonchev–Trinajstić information content (AvgIpc) is 3.25. The zero-order valence-electron chi connectivity index (χ0n) is 20.1. The van der Waals surface area contributed by atoms with E-state index in [0.717, 1.165) is 62.8 Å². The van der Waals surface area contributed by atoms with Crippen LogP contribution in [0.3, 0.4) is 0 Å². The van der Waals surface area contributed by atoms with Gasteiger partial charge < -0.3 is 14.4 Å². The zero-order chi connectivity index (χ0) is 23.1. The molecule has 1 aromatic carbocycles. The summed E-state index contributed by atoms with van der Waals surface area (Å²) in [7, 11) is 0. The lowest BCUT2D eigenvalue weighted by atomic mass is 10.1. The first-order chi connectivity index (χ1) is 15.4. The van der Waals surface area contributed by atoms with Crippen LogP contribution in [-0.4, -0.2) is 54.2 Å². The van der Waals surface area contributed by atoms with Crippen LogP contribution in [0.4, 0.5) is 5.82 Å². The second kappa shape index (κ2) is 11.3. The van der Waals surface area contributed by atoms with E-state index in [1.54, 1.807) is 6.20 Å². The predicted octanol–water partition coefficient (Wildman–Crippen LogP) is 4.84. The Hall–Kier alpha value is -2.60. The lowest BCUT2D eigenvalue weighted by Crippen LogP contribution is -2.37. The fourth-order valence-corrected chi connectivity index (χ4v) is 4.25. The maximum atomic E-state index is 12.8. The Morgan fingerprint density at radius 2 is 2.03 bits per heavy atom. The quantitative estimate of drug-likeness (QED) is 0.494. The molecule has 1 aliphatic rings. The number of para-hydroxylation sites is 1. The Balaban J connectivity index is 1.75. The summed E-state index contributed by atoms with van der Waals surface area (Å²) in [5.74, 6) is 1.42. The number of carbonyl (C=O) groups excluding carboxylic acids is 1. The number of anilines is 1. The van der Waals surface area contributed by atoms with E-state index < -0.39 is 0 Å². The lowest BCUT2D eigenvalue weighted by molar-refractivity contribution is 0.0377. The largest absolute Gasteiger partial charge is 0.493 e. The van der Waals surface area contributed by atoms with Crippen molar-refractivity contribution in [2.75, 3.05) is 31.1 Å². The molecule has 0 amide bonds. The normalized spacial score (nSPS) is 16.1. The second-order valence-corrected chi connectivity index (χ2v) is 8.69. The third kappa shape index (κ3) is 5.80. The molecule has 6 heteroatoms. The first-order valence-electron chi connectivity index (χ1n) is 11.8. The van der Waals surface area contributed by atoms with Crippen molar-refractivity contribution >= 4 is 11.8 Å². The third-order valence-electron chi connectivity index (χ3n) is 5.88. The molecular weight excluding hydrogens is 402 g/mol. The highest BCUT2D eigenvalue weighted by molar-refractivity contribution is 5.96. The van der Waals surface area contributed by atoms with Crippen LogP contribution < -0.4 is 9.64 Å². The number of pyridine rings is 1. The number of carbonyl (C=O) groups is 1. The van der Waals surface area contributed by atoms with Gasteiger partial charge in [0.15, 0.2) is 0 Å². The number of ether oxygens (including phenoxy) is 2. The number of esters is 1. The number of rotatable bonds is 10. The van der Waals surface area contributed by atoms with Gasteiger partial charge in [-0.15, -0.1) is 0 Å². The van der Waals surface area contributed by atoms with Crippen LogP contribution in [-0.2, 0) is 11.3 Å². The van der Waals surface area contributed by atoms with Gasteiger partial charge in [-0.05, 0) is 57.9 Å². The van der Waals surface area contributed by atoms with Crippen molar-refractivity contribution in [3.05, 3.63) is 53.2 Å². The van der Waals surface area contributed by atoms with Crippen LogP contribution in [0.5, 0.6) is 5.75 Å². The molecule has 1 unspecified atom stereocenters. The molecule has 1 fully saturated rings. The first-order valence-corrected chi connectivity index (χ1v) is 11.8. The Morgan fingerprint density at radius 3 is 2.75 bits per heavy atom. The van der Waals surface area contributed by atoms with Crippen molar-refractivity contribution in [2.24, 2.45) is 0 Å². The van der Waals surface area contributed by atoms with Gasteiger partial charge in [0, 0.05) is 37.4 Å². The van der Waals surface area contributed by atoms with Crippen molar-refractivity contribution in [3.8, 4) is 5.75 Å². The summed E-state index contributed by atoms with van der Waals surface area (Å²) in [4.78, 5) is 22.1. The van der Waals surface area contributed by atoms with Gasteiger partial charge in [0.25, 0.3) is 0 Å². The van der Waals surface area contributed by atoms with Crippen molar-refractivity contribution in [1.29, 1.82) is 0 Å². The molecule has 3 rings (SSSR count). The van der Waals surface area contributed by atoms with Gasteiger partial charge >= 0.3 is 5.97 Å². The molecule has 1 aromatic heterocycles. The summed E-state index contributed by atoms with van der Waals surface area (Å²) >= 11 is 0. The molecule has 0 spiro atoms. The molecule has 1 aliphatic heterocycles. The minimum absolute atomic E-state index is 0.160. The van der Waals surface area contributed by atoms with Crippen LogP contribution >= 0.6 is 0 Å². The van der Waals surface area contributed by atoms with E-state index in [9.17, 15) is 4.79 Å². The molecule has 1 saturated heterocycles. The summed E-state index contributed by atoms with van der Waals surface area (Å²) in [5.41, 5.74) is 2.71. The highest BCUT2D eigenvalue weighted by Crippen LogP contribution is 2.29. The highest BCUT2D eigenvalue weighted by Gasteiger charge is 2.31. The van der Waals surface area contributed by atoms with Crippen LogP contribution in [0.2, 0.25) is 0 Å². The number of benzene rings is 1. The monoisotopic (exact) mass is 439 g/mol. The molecule has 32 heavy (non-hydrogen) atoms. The molecule has 6 nitrogen and oxygen atoms in total. The van der Waals surface area contributed by atoms with E-state index in [4.69, 9.17) is 9.47 Å². The van der Waals surface area contributed by atoms with Gasteiger partial charge in [0.05, 0.1) is 12.7 Å². The average molecular weight is 440 g/mol.